The molecule has 1 aromatic heterocycles. The number of benzene rings is 1. The molecule has 0 aliphatic carbocycles. The van der Waals surface area contributed by atoms with Gasteiger partial charge >= 0.3 is 5.97 Å². The van der Waals surface area contributed by atoms with Crippen LogP contribution in [0.5, 0.6) is 5.75 Å². The lowest BCUT2D eigenvalue weighted by atomic mass is 10.1. The number of likely N-dealkylation sites (tertiary alicyclic amines) is 1. The molecule has 1 atom stereocenters. The number of ether oxygens (including phenoxy) is 2. The average molecular weight is 482 g/mol. The van der Waals surface area contributed by atoms with Crippen molar-refractivity contribution in [2.45, 2.75) is 32.7 Å². The standard InChI is InChI=1S/C26H31N3O6/c1-17-6-4-5-7-19(17)13-23(31)28-9-8-20-25(26(33)34-3)21(14-24(32)29(20)11-10-28)35-16-18-12-22(30)27(2)15-18/h4-7,14,18H,8-13,15-16H2,1-3H3/t18-/m1/s1. The number of methoxy groups -OCH3 is 1. The Balaban J connectivity index is 1.55. The Kier molecular flexibility index (Phi) is 7.23. The van der Waals surface area contributed by atoms with Gasteiger partial charge in [-0.25, -0.2) is 4.79 Å². The Hall–Kier alpha value is -3.62. The lowest BCUT2D eigenvalue weighted by molar-refractivity contribution is -0.130. The second-order valence-corrected chi connectivity index (χ2v) is 9.20. The molecule has 3 heterocycles. The van der Waals surface area contributed by atoms with Crippen LogP contribution in [0, 0.1) is 12.8 Å². The topological polar surface area (TPSA) is 98.2 Å². The summed E-state index contributed by atoms with van der Waals surface area (Å²) in [6.45, 7) is 3.77. The zero-order valence-corrected chi connectivity index (χ0v) is 20.4. The Labute approximate surface area is 204 Å². The predicted molar refractivity (Wildman–Crippen MR) is 128 cm³/mol. The van der Waals surface area contributed by atoms with E-state index in [0.29, 0.717) is 38.2 Å². The third-order valence-corrected chi connectivity index (χ3v) is 6.83. The molecule has 4 rings (SSSR count). The van der Waals surface area contributed by atoms with E-state index >= 15 is 0 Å². The number of carbonyl (C=O) groups excluding carboxylic acids is 3. The number of amides is 2. The number of fused-ring (bicyclic) bond motifs is 1. The highest BCUT2D eigenvalue weighted by Crippen LogP contribution is 2.26. The lowest BCUT2D eigenvalue weighted by Crippen LogP contribution is -2.35. The van der Waals surface area contributed by atoms with Crippen molar-refractivity contribution in [2.24, 2.45) is 5.92 Å². The largest absolute Gasteiger partial charge is 0.492 e. The number of carbonyl (C=O) groups is 3. The van der Waals surface area contributed by atoms with Gasteiger partial charge in [0.05, 0.1) is 20.1 Å². The molecule has 1 fully saturated rings. The maximum atomic E-state index is 13.0. The van der Waals surface area contributed by atoms with Crippen molar-refractivity contribution in [3.05, 3.63) is 63.1 Å². The van der Waals surface area contributed by atoms with Gasteiger partial charge in [0, 0.05) is 63.7 Å². The molecule has 0 N–H and O–H groups in total. The summed E-state index contributed by atoms with van der Waals surface area (Å²) in [5, 5.41) is 0. The van der Waals surface area contributed by atoms with E-state index in [2.05, 4.69) is 0 Å². The first-order valence-electron chi connectivity index (χ1n) is 11.8. The van der Waals surface area contributed by atoms with Gasteiger partial charge in [0.1, 0.15) is 11.3 Å². The molecule has 2 aromatic rings. The normalized spacial score (nSPS) is 17.7. The molecular weight excluding hydrogens is 450 g/mol. The lowest BCUT2D eigenvalue weighted by Gasteiger charge is -2.20. The smallest absolute Gasteiger partial charge is 0.343 e. The average Bonchev–Trinajstić information content (AvgIpc) is 3.02. The van der Waals surface area contributed by atoms with Crippen LogP contribution in [0.15, 0.2) is 35.1 Å². The van der Waals surface area contributed by atoms with Crippen LogP contribution < -0.4 is 10.3 Å². The number of aryl methyl sites for hydroxylation is 1. The molecule has 35 heavy (non-hydrogen) atoms. The van der Waals surface area contributed by atoms with Crippen LogP contribution in [-0.4, -0.2) is 72.5 Å². The Morgan fingerprint density at radius 2 is 1.89 bits per heavy atom. The number of aromatic nitrogens is 1. The second kappa shape index (κ2) is 10.3. The van der Waals surface area contributed by atoms with E-state index in [1.165, 1.54) is 17.7 Å². The van der Waals surface area contributed by atoms with Crippen LogP contribution in [0.3, 0.4) is 0 Å². The zero-order valence-electron chi connectivity index (χ0n) is 20.4. The number of hydrogen-bond donors (Lipinski definition) is 0. The van der Waals surface area contributed by atoms with Gasteiger partial charge in [0.25, 0.3) is 5.56 Å². The first-order chi connectivity index (χ1) is 16.8. The fraction of sp³-hybridized carbons (Fsp3) is 0.462. The van der Waals surface area contributed by atoms with Gasteiger partial charge in [0.15, 0.2) is 0 Å². The number of esters is 1. The van der Waals surface area contributed by atoms with E-state index in [-0.39, 0.29) is 54.2 Å². The quantitative estimate of drug-likeness (QED) is 0.579. The van der Waals surface area contributed by atoms with Gasteiger partial charge in [-0.15, -0.1) is 0 Å². The molecule has 186 valence electrons. The van der Waals surface area contributed by atoms with E-state index in [1.807, 2.05) is 31.2 Å². The first-order valence-corrected chi connectivity index (χ1v) is 11.8. The van der Waals surface area contributed by atoms with Crippen molar-refractivity contribution < 1.29 is 23.9 Å². The molecule has 1 saturated heterocycles. The van der Waals surface area contributed by atoms with Gasteiger partial charge in [-0.3, -0.25) is 14.4 Å². The van der Waals surface area contributed by atoms with Gasteiger partial charge in [-0.05, 0) is 18.1 Å². The third-order valence-electron chi connectivity index (χ3n) is 6.83. The van der Waals surface area contributed by atoms with Crippen LogP contribution in [0.4, 0.5) is 0 Å². The van der Waals surface area contributed by atoms with Crippen molar-refractivity contribution in [3.8, 4) is 5.75 Å². The zero-order chi connectivity index (χ0) is 25.1. The molecule has 2 aliphatic rings. The summed E-state index contributed by atoms with van der Waals surface area (Å²) in [5.74, 6) is -0.428. The molecule has 0 unspecified atom stereocenters. The number of nitrogens with zero attached hydrogens (tertiary/aromatic N) is 3. The summed E-state index contributed by atoms with van der Waals surface area (Å²) in [7, 11) is 3.02. The fourth-order valence-corrected chi connectivity index (χ4v) is 4.79. The van der Waals surface area contributed by atoms with E-state index < -0.39 is 5.97 Å². The minimum atomic E-state index is -0.594. The summed E-state index contributed by atoms with van der Waals surface area (Å²) in [5.41, 5.74) is 2.44. The maximum Gasteiger partial charge on any atom is 0.343 e. The molecule has 0 radical (unpaired) electrons. The molecule has 2 aliphatic heterocycles. The highest BCUT2D eigenvalue weighted by atomic mass is 16.5. The van der Waals surface area contributed by atoms with E-state index in [0.717, 1.165) is 11.1 Å². The van der Waals surface area contributed by atoms with Gasteiger partial charge in [0.2, 0.25) is 11.8 Å². The predicted octanol–water partition coefficient (Wildman–Crippen LogP) is 1.43. The van der Waals surface area contributed by atoms with E-state index in [1.54, 1.807) is 16.8 Å². The number of hydrogen-bond acceptors (Lipinski definition) is 6. The van der Waals surface area contributed by atoms with Crippen LogP contribution >= 0.6 is 0 Å². The van der Waals surface area contributed by atoms with Crippen molar-refractivity contribution in [2.75, 3.05) is 40.4 Å². The van der Waals surface area contributed by atoms with E-state index in [4.69, 9.17) is 9.47 Å². The van der Waals surface area contributed by atoms with E-state index in [9.17, 15) is 19.2 Å². The van der Waals surface area contributed by atoms with Crippen LogP contribution in [0.1, 0.15) is 33.6 Å². The summed E-state index contributed by atoms with van der Waals surface area (Å²) in [6, 6.07) is 9.08. The molecular formula is C26H31N3O6. The molecule has 9 heteroatoms. The molecule has 0 spiro atoms. The highest BCUT2D eigenvalue weighted by molar-refractivity contribution is 5.93. The minimum absolute atomic E-state index is 0.0193. The first kappa shape index (κ1) is 24.5. The monoisotopic (exact) mass is 481 g/mol. The Morgan fingerprint density at radius 3 is 2.57 bits per heavy atom. The van der Waals surface area contributed by atoms with Crippen LogP contribution in [0.25, 0.3) is 0 Å². The molecule has 0 bridgehead atoms. The highest BCUT2D eigenvalue weighted by Gasteiger charge is 2.30. The summed E-state index contributed by atoms with van der Waals surface area (Å²) < 4.78 is 12.5. The third kappa shape index (κ3) is 5.23. The summed E-state index contributed by atoms with van der Waals surface area (Å²) >= 11 is 0. The van der Waals surface area contributed by atoms with Crippen molar-refractivity contribution >= 4 is 17.8 Å². The van der Waals surface area contributed by atoms with Crippen LogP contribution in [0.2, 0.25) is 0 Å². The Bertz CT molecular complexity index is 1200. The molecule has 1 aromatic carbocycles. The summed E-state index contributed by atoms with van der Waals surface area (Å²) in [4.78, 5) is 54.0. The number of rotatable bonds is 6. The number of pyridine rings is 1. The summed E-state index contributed by atoms with van der Waals surface area (Å²) in [6.07, 6.45) is 0.970. The van der Waals surface area contributed by atoms with Crippen molar-refractivity contribution in [1.29, 1.82) is 0 Å². The maximum absolute atomic E-state index is 13.0. The fourth-order valence-electron chi connectivity index (χ4n) is 4.79. The minimum Gasteiger partial charge on any atom is -0.492 e. The second-order valence-electron chi connectivity index (χ2n) is 9.20. The molecule has 0 saturated carbocycles. The van der Waals surface area contributed by atoms with Gasteiger partial charge in [-0.2, -0.15) is 0 Å². The van der Waals surface area contributed by atoms with Gasteiger partial charge < -0.3 is 23.8 Å². The van der Waals surface area contributed by atoms with Crippen LogP contribution in [-0.2, 0) is 33.7 Å². The van der Waals surface area contributed by atoms with Gasteiger partial charge in [-0.1, -0.05) is 24.3 Å². The SMILES string of the molecule is COC(=O)c1c(OC[C@@H]2CC(=O)N(C)C2)cc(=O)n2c1CCN(C(=O)Cc1ccccc1C)CC2. The molecule has 2 amide bonds. The molecule has 9 nitrogen and oxygen atoms in total. The van der Waals surface area contributed by atoms with Crippen molar-refractivity contribution in [3.63, 3.8) is 0 Å². The Morgan fingerprint density at radius 1 is 1.11 bits per heavy atom. The van der Waals surface area contributed by atoms with Crippen molar-refractivity contribution in [1.82, 2.24) is 14.4 Å².